The van der Waals surface area contributed by atoms with Gasteiger partial charge in [0.15, 0.2) is 11.6 Å². The molecule has 10 nitrogen and oxygen atoms in total. The monoisotopic (exact) mass is 575 g/mol. The lowest BCUT2D eigenvalue weighted by Crippen LogP contribution is -2.45. The number of halogens is 6. The highest BCUT2D eigenvalue weighted by atomic mass is 32.2. The Morgan fingerprint density at radius 2 is 1.58 bits per heavy atom. The molecule has 212 valence electrons. The van der Waals surface area contributed by atoms with Gasteiger partial charge in [0.2, 0.25) is 5.91 Å². The number of carbonyl (C=O) groups is 3. The van der Waals surface area contributed by atoms with Crippen molar-refractivity contribution in [2.45, 2.75) is 36.9 Å². The highest BCUT2D eigenvalue weighted by Crippen LogP contribution is 2.37. The molecule has 0 unspecified atom stereocenters. The van der Waals surface area contributed by atoms with Crippen LogP contribution in [0.2, 0.25) is 0 Å². The van der Waals surface area contributed by atoms with E-state index >= 15 is 0 Å². The number of nitrogens with two attached hydrogens (primary N) is 1. The number of sulfonamides is 1. The van der Waals surface area contributed by atoms with Crippen molar-refractivity contribution in [3.63, 3.8) is 0 Å². The van der Waals surface area contributed by atoms with Gasteiger partial charge < -0.3 is 20.8 Å². The van der Waals surface area contributed by atoms with Crippen LogP contribution in [0.25, 0.3) is 0 Å². The summed E-state index contributed by atoms with van der Waals surface area (Å²) in [5.41, 5.74) is 0.206. The Balaban J connectivity index is 0.000000550. The minimum Gasteiger partial charge on any atom is -0.478 e. The van der Waals surface area contributed by atoms with Crippen LogP contribution in [0.4, 0.5) is 26.3 Å². The Morgan fingerprint density at radius 3 is 2.11 bits per heavy atom. The van der Waals surface area contributed by atoms with Crippen molar-refractivity contribution in [2.75, 3.05) is 19.6 Å². The highest BCUT2D eigenvalue weighted by molar-refractivity contribution is 7.90. The second-order valence-electron chi connectivity index (χ2n) is 8.51. The third-order valence-corrected chi connectivity index (χ3v) is 7.41. The molecule has 38 heavy (non-hydrogen) atoms. The maximum Gasteiger partial charge on any atom is 0.511 e. The number of carboxylic acids is 2. The minimum absolute atomic E-state index is 0.211. The molecule has 1 amide bonds. The summed E-state index contributed by atoms with van der Waals surface area (Å²) in [4.78, 5) is 33.0. The number of alkyl halides is 3. The summed E-state index contributed by atoms with van der Waals surface area (Å²) in [5, 5.41) is 15.6. The van der Waals surface area contributed by atoms with E-state index in [-0.39, 0.29) is 31.5 Å². The Bertz CT molecular complexity index is 1190. The number of nitrogens with zero attached hydrogens (tertiary/aromatic N) is 2. The van der Waals surface area contributed by atoms with Gasteiger partial charge in [-0.3, -0.25) is 4.79 Å². The number of rotatable bonds is 7. The van der Waals surface area contributed by atoms with Gasteiger partial charge in [-0.25, -0.2) is 31.2 Å². The van der Waals surface area contributed by atoms with Gasteiger partial charge in [0.25, 0.3) is 0 Å². The van der Waals surface area contributed by atoms with Crippen LogP contribution in [0.5, 0.6) is 0 Å². The molecule has 3 atom stereocenters. The van der Waals surface area contributed by atoms with Crippen LogP contribution < -0.4 is 5.73 Å². The number of hydrogen-bond acceptors (Lipinski definition) is 6. The van der Waals surface area contributed by atoms with E-state index in [1.54, 1.807) is 0 Å². The molecule has 0 saturated carbocycles. The molecule has 2 aliphatic heterocycles. The van der Waals surface area contributed by atoms with Crippen molar-refractivity contribution in [2.24, 2.45) is 11.7 Å². The third-order valence-electron chi connectivity index (χ3n) is 5.84. The zero-order chi connectivity index (χ0) is 29.0. The number of fused-ring (bicyclic) bond motifs is 1. The van der Waals surface area contributed by atoms with Crippen molar-refractivity contribution in [1.82, 2.24) is 9.21 Å². The molecule has 0 radical (unpaired) electrons. The summed E-state index contributed by atoms with van der Waals surface area (Å²) < 4.78 is 102. The Hall–Kier alpha value is -3.18. The van der Waals surface area contributed by atoms with Crippen LogP contribution in [0.15, 0.2) is 24.3 Å². The Morgan fingerprint density at radius 1 is 1.03 bits per heavy atom. The lowest BCUT2D eigenvalue weighted by Gasteiger charge is -2.26. The van der Waals surface area contributed by atoms with Crippen molar-refractivity contribution in [3.8, 4) is 0 Å². The summed E-state index contributed by atoms with van der Waals surface area (Å²) in [5.74, 6) is -7.09. The first-order valence-electron chi connectivity index (χ1n) is 10.8. The molecule has 2 heterocycles. The first-order chi connectivity index (χ1) is 17.4. The number of likely N-dealkylation sites (tertiary alicyclic amines) is 1. The zero-order valence-electron chi connectivity index (χ0n) is 19.4. The number of carbonyl (C=O) groups excluding carboxylic acids is 1. The maximum atomic E-state index is 13.7. The van der Waals surface area contributed by atoms with Gasteiger partial charge in [-0.05, 0) is 30.4 Å². The van der Waals surface area contributed by atoms with Crippen LogP contribution in [-0.2, 0) is 30.8 Å². The van der Waals surface area contributed by atoms with E-state index in [2.05, 4.69) is 0 Å². The average Bonchev–Trinajstić information content (AvgIpc) is 3.37. The highest BCUT2D eigenvalue weighted by Gasteiger charge is 2.55. The van der Waals surface area contributed by atoms with E-state index in [4.69, 9.17) is 15.9 Å². The molecule has 0 spiro atoms. The molecule has 17 heteroatoms. The van der Waals surface area contributed by atoms with E-state index in [1.807, 2.05) is 0 Å². The normalized spacial score (nSPS) is 20.7. The van der Waals surface area contributed by atoms with Crippen LogP contribution in [-0.4, -0.2) is 82.9 Å². The molecule has 2 fully saturated rings. The fourth-order valence-corrected chi connectivity index (χ4v) is 5.16. The molecule has 0 bridgehead atoms. The van der Waals surface area contributed by atoms with Crippen molar-refractivity contribution in [1.29, 1.82) is 0 Å². The van der Waals surface area contributed by atoms with E-state index < -0.39 is 75.4 Å². The van der Waals surface area contributed by atoms with Gasteiger partial charge in [-0.2, -0.15) is 17.5 Å². The Kier molecular flexibility index (Phi) is 9.90. The smallest absolute Gasteiger partial charge is 0.478 e. The topological polar surface area (TPSA) is 158 Å². The van der Waals surface area contributed by atoms with Gasteiger partial charge >= 0.3 is 27.5 Å². The third kappa shape index (κ3) is 7.67. The van der Waals surface area contributed by atoms with Gasteiger partial charge in [0.1, 0.15) is 5.82 Å². The molecule has 1 aromatic rings. The molecule has 3 rings (SSSR count). The average molecular weight is 575 g/mol. The number of amides is 1. The summed E-state index contributed by atoms with van der Waals surface area (Å²) in [7, 11) is -5.48. The van der Waals surface area contributed by atoms with Crippen LogP contribution in [0, 0.1) is 23.4 Å². The summed E-state index contributed by atoms with van der Waals surface area (Å²) in [6.45, 7) is -0.561. The van der Waals surface area contributed by atoms with Crippen LogP contribution >= 0.6 is 0 Å². The maximum absolute atomic E-state index is 13.7. The SMILES string of the molecule is N[C@@H](CC(=O)N1CC[C@H]2CN(S(=O)(=O)C(F)(F)F)C[C@H]21)Cc1cc(F)c(F)cc1F.O=C(O)/C=C/C(=O)O. The molecular weight excluding hydrogens is 552 g/mol. The van der Waals surface area contributed by atoms with Gasteiger partial charge in [-0.15, -0.1) is 0 Å². The van der Waals surface area contributed by atoms with E-state index in [9.17, 15) is 49.1 Å². The molecule has 0 aromatic heterocycles. The summed E-state index contributed by atoms with van der Waals surface area (Å²) in [6.07, 6.45) is 0.886. The van der Waals surface area contributed by atoms with E-state index in [0.29, 0.717) is 35.0 Å². The van der Waals surface area contributed by atoms with Crippen molar-refractivity contribution in [3.05, 3.63) is 47.3 Å². The molecule has 4 N–H and O–H groups in total. The lowest BCUT2D eigenvalue weighted by atomic mass is 10.0. The molecular formula is C21H23F6N3O7S. The fraction of sp³-hybridized carbons (Fsp3) is 0.476. The van der Waals surface area contributed by atoms with E-state index in [0.717, 1.165) is 0 Å². The van der Waals surface area contributed by atoms with Gasteiger partial charge in [0.05, 0.1) is 0 Å². The predicted molar refractivity (Wildman–Crippen MR) is 117 cm³/mol. The van der Waals surface area contributed by atoms with Gasteiger partial charge in [-0.1, -0.05) is 0 Å². The predicted octanol–water partition coefficient (Wildman–Crippen LogP) is 1.46. The van der Waals surface area contributed by atoms with Crippen molar-refractivity contribution >= 4 is 27.9 Å². The molecule has 2 aliphatic rings. The number of hydrogen-bond donors (Lipinski definition) is 3. The number of aliphatic carboxylic acids is 2. The second kappa shape index (κ2) is 12.1. The number of carboxylic acid groups (broad SMARTS) is 2. The zero-order valence-corrected chi connectivity index (χ0v) is 20.2. The fourth-order valence-electron chi connectivity index (χ4n) is 4.13. The van der Waals surface area contributed by atoms with Gasteiger partial charge in [0, 0.05) is 56.4 Å². The van der Waals surface area contributed by atoms with Crippen LogP contribution in [0.3, 0.4) is 0 Å². The molecule has 1 aromatic carbocycles. The quantitative estimate of drug-likeness (QED) is 0.251. The van der Waals surface area contributed by atoms with Crippen LogP contribution in [0.1, 0.15) is 18.4 Å². The summed E-state index contributed by atoms with van der Waals surface area (Å²) in [6, 6.07) is -0.634. The first-order valence-corrected chi connectivity index (χ1v) is 12.3. The largest absolute Gasteiger partial charge is 0.511 e. The molecule has 2 saturated heterocycles. The minimum atomic E-state index is -5.48. The first kappa shape index (κ1) is 31.0. The lowest BCUT2D eigenvalue weighted by molar-refractivity contribution is -0.134. The van der Waals surface area contributed by atoms with Crippen molar-refractivity contribution < 1.29 is 59.4 Å². The Labute approximate surface area is 212 Å². The standard InChI is InChI=1S/C17H19F6N3O3S.C4H4O4/c18-12-6-14(20)13(19)4-10(12)3-11(24)5-16(27)26-2-1-9-7-25(8-15(9)26)30(28,29)17(21,22)23;5-3(6)1-2-4(7)8/h4,6,9,11,15H,1-3,5,7-8,24H2;1-2H,(H,5,6)(H,7,8)/b;2-1+/t9-,11+,15+;/m0./s1. The number of benzene rings is 1. The second-order valence-corrected chi connectivity index (χ2v) is 10.4. The summed E-state index contributed by atoms with van der Waals surface area (Å²) >= 11 is 0. The van der Waals surface area contributed by atoms with E-state index in [1.165, 1.54) is 4.90 Å². The molecule has 0 aliphatic carbocycles.